The molecule has 0 heterocycles. The molecule has 0 aromatic heterocycles. The van der Waals surface area contributed by atoms with Crippen LogP contribution in [0.15, 0.2) is 48.5 Å². The lowest BCUT2D eigenvalue weighted by atomic mass is 10.1. The number of aryl methyl sites for hydroxylation is 2. The maximum absolute atomic E-state index is 12.5. The van der Waals surface area contributed by atoms with Crippen LogP contribution in [0.5, 0.6) is 5.75 Å². The summed E-state index contributed by atoms with van der Waals surface area (Å²) in [5.41, 5.74) is 2.91. The quantitative estimate of drug-likeness (QED) is 0.790. The number of ether oxygens (including phenoxy) is 1. The zero-order valence-corrected chi connectivity index (χ0v) is 15.6. The third-order valence-corrected chi connectivity index (χ3v) is 4.16. The van der Waals surface area contributed by atoms with Crippen LogP contribution in [0.4, 0.5) is 5.69 Å². The molecule has 0 saturated heterocycles. The lowest BCUT2D eigenvalue weighted by Gasteiger charge is -2.21. The van der Waals surface area contributed by atoms with E-state index >= 15 is 0 Å². The molecule has 0 fully saturated rings. The van der Waals surface area contributed by atoms with Crippen LogP contribution in [0.25, 0.3) is 0 Å². The minimum absolute atomic E-state index is 0.0239. The number of nitrogens with zero attached hydrogens (tertiary/aromatic N) is 1. The molecule has 5 nitrogen and oxygen atoms in total. The largest absolute Gasteiger partial charge is 0.495 e. The number of hydrogen-bond acceptors (Lipinski definition) is 3. The lowest BCUT2D eigenvalue weighted by Crippen LogP contribution is -2.38. The summed E-state index contributed by atoms with van der Waals surface area (Å²) in [6.45, 7) is 4.43. The summed E-state index contributed by atoms with van der Waals surface area (Å²) >= 11 is 0. The van der Waals surface area contributed by atoms with Crippen LogP contribution in [0.3, 0.4) is 0 Å². The van der Waals surface area contributed by atoms with Gasteiger partial charge in [0.2, 0.25) is 11.8 Å². The van der Waals surface area contributed by atoms with Crippen LogP contribution in [0.2, 0.25) is 0 Å². The summed E-state index contributed by atoms with van der Waals surface area (Å²) in [5, 5.41) is 2.80. The highest BCUT2D eigenvalue weighted by molar-refractivity contribution is 5.95. The van der Waals surface area contributed by atoms with Crippen LogP contribution in [0, 0.1) is 6.92 Å². The van der Waals surface area contributed by atoms with Gasteiger partial charge in [0, 0.05) is 13.0 Å². The fourth-order valence-electron chi connectivity index (χ4n) is 2.76. The van der Waals surface area contributed by atoms with Crippen LogP contribution in [0.1, 0.15) is 24.5 Å². The van der Waals surface area contributed by atoms with Gasteiger partial charge in [-0.05, 0) is 38.0 Å². The highest BCUT2D eigenvalue weighted by Crippen LogP contribution is 2.22. The summed E-state index contributed by atoms with van der Waals surface area (Å²) in [7, 11) is 1.55. The van der Waals surface area contributed by atoms with Crippen molar-refractivity contribution in [3.05, 3.63) is 59.7 Å². The zero-order chi connectivity index (χ0) is 18.9. The molecular formula is C21H26N2O3. The molecule has 138 valence electrons. The molecule has 0 saturated carbocycles. The van der Waals surface area contributed by atoms with E-state index in [1.165, 1.54) is 5.56 Å². The molecule has 1 N–H and O–H groups in total. The Balaban J connectivity index is 1.90. The van der Waals surface area contributed by atoms with E-state index < -0.39 is 0 Å². The number of carbonyl (C=O) groups excluding carboxylic acids is 2. The van der Waals surface area contributed by atoms with Crippen LogP contribution in [-0.2, 0) is 16.0 Å². The number of likely N-dealkylation sites (N-methyl/N-ethyl adjacent to an activating group) is 1. The summed E-state index contributed by atoms with van der Waals surface area (Å²) < 4.78 is 5.23. The minimum atomic E-state index is -0.236. The number of rotatable bonds is 8. The molecule has 2 amide bonds. The molecular weight excluding hydrogens is 328 g/mol. The summed E-state index contributed by atoms with van der Waals surface area (Å²) in [6, 6.07) is 15.3. The van der Waals surface area contributed by atoms with E-state index in [1.807, 2.05) is 44.2 Å². The number of amides is 2. The normalized spacial score (nSPS) is 10.3. The van der Waals surface area contributed by atoms with Gasteiger partial charge in [-0.2, -0.15) is 0 Å². The van der Waals surface area contributed by atoms with Gasteiger partial charge in [0.05, 0.1) is 19.3 Å². The number of anilines is 1. The molecule has 0 radical (unpaired) electrons. The number of carbonyl (C=O) groups is 2. The Kier molecular flexibility index (Phi) is 7.21. The number of hydrogen-bond donors (Lipinski definition) is 1. The van der Waals surface area contributed by atoms with Crippen LogP contribution >= 0.6 is 0 Å². The molecule has 2 aromatic rings. The highest BCUT2D eigenvalue weighted by Gasteiger charge is 2.16. The number of methoxy groups -OCH3 is 1. The van der Waals surface area contributed by atoms with Gasteiger partial charge in [-0.15, -0.1) is 0 Å². The van der Waals surface area contributed by atoms with Crippen molar-refractivity contribution in [2.45, 2.75) is 26.7 Å². The highest BCUT2D eigenvalue weighted by atomic mass is 16.5. The molecule has 5 heteroatoms. The molecule has 0 aliphatic heterocycles. The molecule has 0 unspecified atom stereocenters. The zero-order valence-electron chi connectivity index (χ0n) is 15.6. The SMILES string of the molecule is CCN(CC(=O)Nc1ccccc1OC)C(=O)CCc1cccc(C)c1. The third-order valence-electron chi connectivity index (χ3n) is 4.16. The van der Waals surface area contributed by atoms with E-state index in [4.69, 9.17) is 4.74 Å². The smallest absolute Gasteiger partial charge is 0.244 e. The molecule has 0 aliphatic rings. The fraction of sp³-hybridized carbons (Fsp3) is 0.333. The van der Waals surface area contributed by atoms with E-state index in [0.717, 1.165) is 5.56 Å². The van der Waals surface area contributed by atoms with E-state index in [2.05, 4.69) is 11.4 Å². The third kappa shape index (κ3) is 5.62. The number of benzene rings is 2. The topological polar surface area (TPSA) is 58.6 Å². The first kappa shape index (κ1) is 19.5. The second-order valence-electron chi connectivity index (χ2n) is 6.15. The van der Waals surface area contributed by atoms with Crippen LogP contribution in [-0.4, -0.2) is 36.9 Å². The average molecular weight is 354 g/mol. The van der Waals surface area contributed by atoms with Crippen molar-refractivity contribution in [3.63, 3.8) is 0 Å². The second kappa shape index (κ2) is 9.61. The molecule has 26 heavy (non-hydrogen) atoms. The van der Waals surface area contributed by atoms with E-state index in [0.29, 0.717) is 30.8 Å². The van der Waals surface area contributed by atoms with Gasteiger partial charge in [-0.25, -0.2) is 0 Å². The average Bonchev–Trinajstić information content (AvgIpc) is 2.64. The van der Waals surface area contributed by atoms with Crippen molar-refractivity contribution < 1.29 is 14.3 Å². The Hall–Kier alpha value is -2.82. The summed E-state index contributed by atoms with van der Waals surface area (Å²) in [5.74, 6) is 0.333. The fourth-order valence-corrected chi connectivity index (χ4v) is 2.76. The Morgan fingerprint density at radius 1 is 1.12 bits per heavy atom. The summed E-state index contributed by atoms with van der Waals surface area (Å²) in [6.07, 6.45) is 1.06. The maximum atomic E-state index is 12.5. The molecule has 0 spiro atoms. The van der Waals surface area contributed by atoms with E-state index in [9.17, 15) is 9.59 Å². The molecule has 0 aliphatic carbocycles. The Bertz CT molecular complexity index is 758. The molecule has 2 rings (SSSR count). The van der Waals surface area contributed by atoms with Gasteiger partial charge >= 0.3 is 0 Å². The van der Waals surface area contributed by atoms with Crippen molar-refractivity contribution in [1.82, 2.24) is 4.90 Å². The van der Waals surface area contributed by atoms with Gasteiger partial charge < -0.3 is 15.0 Å². The Morgan fingerprint density at radius 2 is 1.88 bits per heavy atom. The van der Waals surface area contributed by atoms with Crippen molar-refractivity contribution in [2.24, 2.45) is 0 Å². The maximum Gasteiger partial charge on any atom is 0.244 e. The Labute approximate surface area is 155 Å². The first-order chi connectivity index (χ1) is 12.5. The molecule has 2 aromatic carbocycles. The van der Waals surface area contributed by atoms with Gasteiger partial charge in [-0.3, -0.25) is 9.59 Å². The first-order valence-electron chi connectivity index (χ1n) is 8.79. The first-order valence-corrected chi connectivity index (χ1v) is 8.79. The van der Waals surface area contributed by atoms with Crippen molar-refractivity contribution >= 4 is 17.5 Å². The van der Waals surface area contributed by atoms with Gasteiger partial charge in [0.25, 0.3) is 0 Å². The number of para-hydroxylation sites is 2. The van der Waals surface area contributed by atoms with E-state index in [-0.39, 0.29) is 18.4 Å². The van der Waals surface area contributed by atoms with Gasteiger partial charge in [0.1, 0.15) is 5.75 Å². The second-order valence-corrected chi connectivity index (χ2v) is 6.15. The number of nitrogens with one attached hydrogen (secondary N) is 1. The standard InChI is InChI=1S/C21H26N2O3/c1-4-23(21(25)13-12-17-9-7-8-16(2)14-17)15-20(24)22-18-10-5-6-11-19(18)26-3/h5-11,14H,4,12-13,15H2,1-3H3,(H,22,24). The monoisotopic (exact) mass is 354 g/mol. The van der Waals surface area contributed by atoms with Crippen molar-refractivity contribution in [3.8, 4) is 5.75 Å². The van der Waals surface area contributed by atoms with Crippen molar-refractivity contribution in [1.29, 1.82) is 0 Å². The molecule has 0 atom stereocenters. The van der Waals surface area contributed by atoms with E-state index in [1.54, 1.807) is 24.1 Å². The van der Waals surface area contributed by atoms with Gasteiger partial charge in [0.15, 0.2) is 0 Å². The lowest BCUT2D eigenvalue weighted by molar-refractivity contribution is -0.134. The Morgan fingerprint density at radius 3 is 2.58 bits per heavy atom. The van der Waals surface area contributed by atoms with Gasteiger partial charge in [-0.1, -0.05) is 42.0 Å². The van der Waals surface area contributed by atoms with Crippen molar-refractivity contribution in [2.75, 3.05) is 25.5 Å². The predicted molar refractivity (Wildman–Crippen MR) is 103 cm³/mol. The summed E-state index contributed by atoms with van der Waals surface area (Å²) in [4.78, 5) is 26.3. The predicted octanol–water partition coefficient (Wildman–Crippen LogP) is 3.42. The minimum Gasteiger partial charge on any atom is -0.495 e. The van der Waals surface area contributed by atoms with Crippen LogP contribution < -0.4 is 10.1 Å². The molecule has 0 bridgehead atoms.